The van der Waals surface area contributed by atoms with Crippen LogP contribution in [0.3, 0.4) is 0 Å². The van der Waals surface area contributed by atoms with Crippen molar-refractivity contribution < 1.29 is 13.2 Å². The van der Waals surface area contributed by atoms with E-state index in [2.05, 4.69) is 26.1 Å². The maximum Gasteiger partial charge on any atom is 0.416 e. The van der Waals surface area contributed by atoms with Gasteiger partial charge in [-0.2, -0.15) is 13.2 Å². The number of benzene rings is 2. The first-order valence-corrected chi connectivity index (χ1v) is 8.62. The number of hydrogen-bond acceptors (Lipinski definition) is 2. The maximum atomic E-state index is 12.8. The highest BCUT2D eigenvalue weighted by molar-refractivity contribution is 9.10. The van der Waals surface area contributed by atoms with Crippen molar-refractivity contribution in [2.45, 2.75) is 12.2 Å². The fourth-order valence-electron chi connectivity index (χ4n) is 3.08. The zero-order valence-corrected chi connectivity index (χ0v) is 14.6. The highest BCUT2D eigenvalue weighted by Crippen LogP contribution is 2.35. The van der Waals surface area contributed by atoms with Crippen LogP contribution in [0.4, 0.5) is 13.2 Å². The van der Waals surface area contributed by atoms with E-state index in [9.17, 15) is 13.2 Å². The minimum Gasteiger partial charge on any atom is -0.314 e. The van der Waals surface area contributed by atoms with Gasteiger partial charge in [-0.1, -0.05) is 46.3 Å². The van der Waals surface area contributed by atoms with Gasteiger partial charge >= 0.3 is 6.18 Å². The molecule has 0 spiro atoms. The van der Waals surface area contributed by atoms with Gasteiger partial charge in [0.05, 0.1) is 11.6 Å². The van der Waals surface area contributed by atoms with Crippen LogP contribution in [-0.2, 0) is 6.18 Å². The smallest absolute Gasteiger partial charge is 0.314 e. The largest absolute Gasteiger partial charge is 0.416 e. The number of halogens is 4. The van der Waals surface area contributed by atoms with Gasteiger partial charge in [-0.25, -0.2) is 0 Å². The molecule has 1 aliphatic heterocycles. The van der Waals surface area contributed by atoms with Crippen LogP contribution < -0.4 is 5.32 Å². The molecule has 1 aliphatic rings. The quantitative estimate of drug-likeness (QED) is 0.820. The van der Waals surface area contributed by atoms with Gasteiger partial charge < -0.3 is 5.32 Å². The van der Waals surface area contributed by atoms with Crippen molar-refractivity contribution in [2.24, 2.45) is 0 Å². The normalized spacial score (nSPS) is 17.7. The fraction of sp³-hybridized carbons (Fsp3) is 0.333. The van der Waals surface area contributed by atoms with E-state index in [0.29, 0.717) is 0 Å². The Balaban J connectivity index is 1.99. The zero-order chi connectivity index (χ0) is 17.2. The van der Waals surface area contributed by atoms with Crippen LogP contribution in [0.1, 0.15) is 22.7 Å². The van der Waals surface area contributed by atoms with E-state index < -0.39 is 11.7 Å². The third-order valence-corrected chi connectivity index (χ3v) is 4.99. The van der Waals surface area contributed by atoms with Crippen LogP contribution in [0.2, 0.25) is 0 Å². The van der Waals surface area contributed by atoms with Crippen LogP contribution in [0.15, 0.2) is 53.0 Å². The van der Waals surface area contributed by atoms with Crippen LogP contribution in [0, 0.1) is 0 Å². The first-order valence-electron chi connectivity index (χ1n) is 7.83. The van der Waals surface area contributed by atoms with Crippen molar-refractivity contribution in [2.75, 3.05) is 26.2 Å². The van der Waals surface area contributed by atoms with Gasteiger partial charge in [0.15, 0.2) is 0 Å². The summed E-state index contributed by atoms with van der Waals surface area (Å²) in [5.41, 5.74) is 1.33. The van der Waals surface area contributed by atoms with Gasteiger partial charge in [-0.05, 0) is 29.3 Å². The van der Waals surface area contributed by atoms with E-state index in [-0.39, 0.29) is 6.04 Å². The summed E-state index contributed by atoms with van der Waals surface area (Å²) in [4.78, 5) is 2.30. The lowest BCUT2D eigenvalue weighted by Crippen LogP contribution is -2.45. The molecule has 0 saturated carbocycles. The molecule has 0 bridgehead atoms. The average Bonchev–Trinajstić information content (AvgIpc) is 2.58. The first-order chi connectivity index (χ1) is 11.5. The Bertz CT molecular complexity index is 679. The van der Waals surface area contributed by atoms with E-state index in [4.69, 9.17) is 0 Å². The molecule has 3 rings (SSSR count). The molecule has 2 aromatic carbocycles. The molecule has 1 atom stereocenters. The number of hydrogen-bond donors (Lipinski definition) is 1. The summed E-state index contributed by atoms with van der Waals surface area (Å²) in [5, 5.41) is 3.31. The molecule has 24 heavy (non-hydrogen) atoms. The molecular formula is C18H18BrF3N2. The Labute approximate surface area is 147 Å². The van der Waals surface area contributed by atoms with Crippen molar-refractivity contribution >= 4 is 15.9 Å². The number of piperazine rings is 1. The second-order valence-corrected chi connectivity index (χ2v) is 6.68. The first kappa shape index (κ1) is 17.5. The van der Waals surface area contributed by atoms with Crippen molar-refractivity contribution in [1.82, 2.24) is 10.2 Å². The predicted octanol–water partition coefficient (Wildman–Crippen LogP) is 4.46. The third kappa shape index (κ3) is 3.82. The summed E-state index contributed by atoms with van der Waals surface area (Å²) in [6.07, 6.45) is -4.31. The highest BCUT2D eigenvalue weighted by Gasteiger charge is 2.31. The lowest BCUT2D eigenvalue weighted by atomic mass is 9.95. The fourth-order valence-corrected chi connectivity index (χ4v) is 3.58. The van der Waals surface area contributed by atoms with E-state index in [1.165, 1.54) is 12.1 Å². The van der Waals surface area contributed by atoms with Gasteiger partial charge in [0.25, 0.3) is 0 Å². The summed E-state index contributed by atoms with van der Waals surface area (Å²) < 4.78 is 39.5. The molecule has 0 amide bonds. The second-order valence-electron chi connectivity index (χ2n) is 5.83. The average molecular weight is 399 g/mol. The molecule has 2 aromatic rings. The van der Waals surface area contributed by atoms with Crippen molar-refractivity contribution in [3.05, 3.63) is 69.7 Å². The summed E-state index contributed by atoms with van der Waals surface area (Å²) in [6.45, 7) is 3.46. The van der Waals surface area contributed by atoms with Gasteiger partial charge in [0, 0.05) is 30.7 Å². The molecule has 0 radical (unpaired) electrons. The third-order valence-electron chi connectivity index (χ3n) is 4.27. The molecule has 1 saturated heterocycles. The van der Waals surface area contributed by atoms with Gasteiger partial charge in [-0.15, -0.1) is 0 Å². The maximum absolute atomic E-state index is 12.8. The van der Waals surface area contributed by atoms with Crippen LogP contribution >= 0.6 is 15.9 Å². The van der Waals surface area contributed by atoms with Crippen LogP contribution in [-0.4, -0.2) is 31.1 Å². The topological polar surface area (TPSA) is 15.3 Å². The van der Waals surface area contributed by atoms with Crippen LogP contribution in [0.5, 0.6) is 0 Å². The molecule has 0 aromatic heterocycles. The Morgan fingerprint density at radius 1 is 0.958 bits per heavy atom. The number of nitrogens with zero attached hydrogens (tertiary/aromatic N) is 1. The summed E-state index contributed by atoms with van der Waals surface area (Å²) in [7, 11) is 0. The lowest BCUT2D eigenvalue weighted by molar-refractivity contribution is -0.137. The van der Waals surface area contributed by atoms with E-state index in [0.717, 1.165) is 41.8 Å². The van der Waals surface area contributed by atoms with Crippen molar-refractivity contribution in [1.29, 1.82) is 0 Å². The molecule has 1 heterocycles. The van der Waals surface area contributed by atoms with Gasteiger partial charge in [0.1, 0.15) is 0 Å². The highest BCUT2D eigenvalue weighted by atomic mass is 79.9. The molecule has 0 aliphatic carbocycles. The van der Waals surface area contributed by atoms with E-state index >= 15 is 0 Å². The Hall–Kier alpha value is -1.37. The molecule has 6 heteroatoms. The summed E-state index contributed by atoms with van der Waals surface area (Å²) in [5.74, 6) is 0. The standard InChI is InChI=1S/C18H18BrF3N2/c19-16-4-2-1-3-15(16)17(24-11-9-23-10-12-24)13-5-7-14(8-6-13)18(20,21)22/h1-8,17,23H,9-12H2. The van der Waals surface area contributed by atoms with Crippen molar-refractivity contribution in [3.63, 3.8) is 0 Å². The summed E-state index contributed by atoms with van der Waals surface area (Å²) in [6, 6.07) is 13.3. The van der Waals surface area contributed by atoms with Crippen LogP contribution in [0.25, 0.3) is 0 Å². The molecule has 1 fully saturated rings. The second kappa shape index (κ2) is 7.25. The summed E-state index contributed by atoms with van der Waals surface area (Å²) >= 11 is 3.58. The zero-order valence-electron chi connectivity index (χ0n) is 13.0. The van der Waals surface area contributed by atoms with Gasteiger partial charge in [-0.3, -0.25) is 4.90 Å². The Morgan fingerprint density at radius 3 is 2.17 bits per heavy atom. The molecule has 2 nitrogen and oxygen atoms in total. The van der Waals surface area contributed by atoms with E-state index in [1.807, 2.05) is 24.3 Å². The van der Waals surface area contributed by atoms with Crippen molar-refractivity contribution in [3.8, 4) is 0 Å². The minimum absolute atomic E-state index is 0.0649. The van der Waals surface area contributed by atoms with Gasteiger partial charge in [0.2, 0.25) is 0 Å². The predicted molar refractivity (Wildman–Crippen MR) is 91.9 cm³/mol. The number of nitrogens with one attached hydrogen (secondary N) is 1. The number of rotatable bonds is 3. The lowest BCUT2D eigenvalue weighted by Gasteiger charge is -2.36. The Kier molecular flexibility index (Phi) is 5.27. The minimum atomic E-state index is -4.31. The Morgan fingerprint density at radius 2 is 1.58 bits per heavy atom. The number of alkyl halides is 3. The molecule has 128 valence electrons. The van der Waals surface area contributed by atoms with E-state index in [1.54, 1.807) is 12.1 Å². The molecular weight excluding hydrogens is 381 g/mol. The monoisotopic (exact) mass is 398 g/mol. The molecule has 1 unspecified atom stereocenters. The molecule has 1 N–H and O–H groups in total. The SMILES string of the molecule is FC(F)(F)c1ccc(C(c2ccccc2Br)N2CCNCC2)cc1.